The average Bonchev–Trinajstić information content (AvgIpc) is 2.61. The quantitative estimate of drug-likeness (QED) is 0.365. The fourth-order valence-corrected chi connectivity index (χ4v) is 3.53. The molecule has 0 saturated heterocycles. The molecule has 0 aromatic heterocycles. The van der Waals surface area contributed by atoms with Crippen LogP contribution in [0.15, 0.2) is 46.6 Å². The van der Waals surface area contributed by atoms with Crippen molar-refractivity contribution in [1.82, 2.24) is 5.32 Å². The lowest BCUT2D eigenvalue weighted by Gasteiger charge is -2.15. The molecule has 1 amide bonds. The van der Waals surface area contributed by atoms with Crippen LogP contribution in [0.25, 0.3) is 6.08 Å². The summed E-state index contributed by atoms with van der Waals surface area (Å²) in [5.74, 6) is -0.605. The zero-order valence-corrected chi connectivity index (χ0v) is 19.0. The van der Waals surface area contributed by atoms with Gasteiger partial charge in [0.25, 0.3) is 0 Å². The molecule has 148 valence electrons. The second-order valence-electron chi connectivity index (χ2n) is 5.69. The number of rotatable bonds is 8. The third-order valence-electron chi connectivity index (χ3n) is 3.51. The number of carboxylic acids is 1. The van der Waals surface area contributed by atoms with Gasteiger partial charge in [-0.15, -0.1) is 0 Å². The molecule has 2 aromatic rings. The first kappa shape index (κ1) is 22.2. The summed E-state index contributed by atoms with van der Waals surface area (Å²) in [6.07, 6.45) is 1.38. The first-order valence-electron chi connectivity index (χ1n) is 8.37. The van der Waals surface area contributed by atoms with Crippen molar-refractivity contribution in [3.8, 4) is 11.5 Å². The number of nitrogens with one attached hydrogen (secondary N) is 1. The van der Waals surface area contributed by atoms with Crippen LogP contribution in [0.4, 0.5) is 0 Å². The normalized spacial score (nSPS) is 11.1. The van der Waals surface area contributed by atoms with Crippen LogP contribution < -0.4 is 14.8 Å². The molecular weight excluding hydrogens is 541 g/mol. The predicted molar refractivity (Wildman–Crippen MR) is 118 cm³/mol. The Morgan fingerprint density at radius 2 is 1.96 bits per heavy atom. The Bertz CT molecular complexity index is 913. The lowest BCUT2D eigenvalue weighted by atomic mass is 10.1. The summed E-state index contributed by atoms with van der Waals surface area (Å²) in [5.41, 5.74) is 1.35. The van der Waals surface area contributed by atoms with Crippen LogP contribution in [0.2, 0.25) is 0 Å². The van der Waals surface area contributed by atoms with Gasteiger partial charge in [0.15, 0.2) is 11.5 Å². The van der Waals surface area contributed by atoms with E-state index in [0.717, 1.165) is 13.6 Å². The molecule has 8 heteroatoms. The number of aliphatic carboxylic acids is 1. The fourth-order valence-electron chi connectivity index (χ4n) is 2.35. The van der Waals surface area contributed by atoms with Crippen LogP contribution in [0.3, 0.4) is 0 Å². The van der Waals surface area contributed by atoms with Gasteiger partial charge in [0.1, 0.15) is 12.3 Å². The number of carboxylic acid groups (broad SMARTS) is 1. The molecule has 0 bridgehead atoms. The van der Waals surface area contributed by atoms with E-state index < -0.39 is 11.9 Å². The van der Waals surface area contributed by atoms with Crippen molar-refractivity contribution >= 4 is 56.5 Å². The standard InChI is InChI=1S/C20H19BrINO5/c1-3-27-18-10-13(9-17(20(25)26)23-12(2)24)8-16(22)19(18)28-11-14-6-4-5-7-15(14)21/h4-10H,3,11H2,1-2H3,(H,23,24)(H,25,26)/b17-9+. The minimum Gasteiger partial charge on any atom is -0.490 e. The van der Waals surface area contributed by atoms with E-state index in [1.54, 1.807) is 12.1 Å². The first-order chi connectivity index (χ1) is 13.3. The second-order valence-corrected chi connectivity index (χ2v) is 7.70. The van der Waals surface area contributed by atoms with Gasteiger partial charge in [-0.1, -0.05) is 34.1 Å². The number of hydrogen-bond donors (Lipinski definition) is 2. The molecule has 6 nitrogen and oxygen atoms in total. The second kappa shape index (κ2) is 10.5. The summed E-state index contributed by atoms with van der Waals surface area (Å²) in [6, 6.07) is 11.2. The highest BCUT2D eigenvalue weighted by Crippen LogP contribution is 2.36. The molecule has 0 spiro atoms. The summed E-state index contributed by atoms with van der Waals surface area (Å²) >= 11 is 5.61. The molecule has 0 fully saturated rings. The van der Waals surface area contributed by atoms with Gasteiger partial charge in [-0.05, 0) is 59.4 Å². The number of carbonyl (C=O) groups excluding carboxylic acids is 1. The van der Waals surface area contributed by atoms with Crippen molar-refractivity contribution in [2.45, 2.75) is 20.5 Å². The van der Waals surface area contributed by atoms with Crippen LogP contribution in [-0.2, 0) is 16.2 Å². The number of carbonyl (C=O) groups is 2. The highest BCUT2D eigenvalue weighted by Gasteiger charge is 2.15. The SMILES string of the molecule is CCOc1cc(/C=C(/NC(C)=O)C(=O)O)cc(I)c1OCc1ccccc1Br. The van der Waals surface area contributed by atoms with Gasteiger partial charge in [-0.25, -0.2) is 4.79 Å². The van der Waals surface area contributed by atoms with E-state index in [1.165, 1.54) is 13.0 Å². The van der Waals surface area contributed by atoms with E-state index in [4.69, 9.17) is 9.47 Å². The number of hydrogen-bond acceptors (Lipinski definition) is 4. The number of ether oxygens (including phenoxy) is 2. The summed E-state index contributed by atoms with van der Waals surface area (Å²) in [6.45, 7) is 3.88. The van der Waals surface area contributed by atoms with E-state index >= 15 is 0 Å². The van der Waals surface area contributed by atoms with Crippen molar-refractivity contribution in [2.24, 2.45) is 0 Å². The maximum atomic E-state index is 11.3. The van der Waals surface area contributed by atoms with Crippen molar-refractivity contribution in [1.29, 1.82) is 0 Å². The van der Waals surface area contributed by atoms with Crippen LogP contribution >= 0.6 is 38.5 Å². The molecule has 0 aliphatic rings. The molecule has 2 N–H and O–H groups in total. The Hall–Kier alpha value is -2.07. The minimum absolute atomic E-state index is 0.215. The van der Waals surface area contributed by atoms with Gasteiger partial charge < -0.3 is 19.9 Å². The lowest BCUT2D eigenvalue weighted by molar-refractivity contribution is -0.134. The van der Waals surface area contributed by atoms with Crippen molar-refractivity contribution in [3.05, 3.63) is 61.3 Å². The van der Waals surface area contributed by atoms with Gasteiger partial charge >= 0.3 is 5.97 Å². The lowest BCUT2D eigenvalue weighted by Crippen LogP contribution is -2.24. The van der Waals surface area contributed by atoms with Crippen molar-refractivity contribution in [2.75, 3.05) is 6.61 Å². The topological polar surface area (TPSA) is 84.9 Å². The largest absolute Gasteiger partial charge is 0.490 e. The maximum Gasteiger partial charge on any atom is 0.352 e. The van der Waals surface area contributed by atoms with Crippen LogP contribution in [0, 0.1) is 3.57 Å². The highest BCUT2D eigenvalue weighted by atomic mass is 127. The average molecular weight is 560 g/mol. The Labute approximate surface area is 185 Å². The Balaban J connectivity index is 2.36. The van der Waals surface area contributed by atoms with Crippen LogP contribution in [0.5, 0.6) is 11.5 Å². The van der Waals surface area contributed by atoms with Crippen LogP contribution in [0.1, 0.15) is 25.0 Å². The smallest absolute Gasteiger partial charge is 0.352 e. The number of amides is 1. The Kier molecular flexibility index (Phi) is 8.31. The molecule has 0 unspecified atom stereocenters. The number of halogens is 2. The zero-order valence-electron chi connectivity index (χ0n) is 15.3. The van der Waals surface area contributed by atoms with Gasteiger partial charge in [0, 0.05) is 17.0 Å². The zero-order chi connectivity index (χ0) is 20.7. The molecule has 28 heavy (non-hydrogen) atoms. The van der Waals surface area contributed by atoms with E-state index in [1.807, 2.05) is 31.2 Å². The third kappa shape index (κ3) is 6.23. The number of benzene rings is 2. The van der Waals surface area contributed by atoms with Crippen molar-refractivity contribution < 1.29 is 24.2 Å². The predicted octanol–water partition coefficient (Wildman–Crippen LogP) is 4.59. The Morgan fingerprint density at radius 1 is 1.25 bits per heavy atom. The van der Waals surface area contributed by atoms with E-state index in [2.05, 4.69) is 43.8 Å². The van der Waals surface area contributed by atoms with Gasteiger partial charge in [-0.2, -0.15) is 0 Å². The third-order valence-corrected chi connectivity index (χ3v) is 5.09. The van der Waals surface area contributed by atoms with Gasteiger partial charge in [0.2, 0.25) is 5.91 Å². The van der Waals surface area contributed by atoms with Gasteiger partial charge in [0.05, 0.1) is 10.2 Å². The first-order valence-corrected chi connectivity index (χ1v) is 10.2. The molecule has 2 rings (SSSR count). The molecule has 0 atom stereocenters. The Morgan fingerprint density at radius 3 is 2.57 bits per heavy atom. The minimum atomic E-state index is -1.22. The summed E-state index contributed by atoms with van der Waals surface area (Å²) < 4.78 is 13.4. The maximum absolute atomic E-state index is 11.3. The van der Waals surface area contributed by atoms with E-state index in [-0.39, 0.29) is 5.70 Å². The molecular formula is C20H19BrINO5. The molecule has 0 radical (unpaired) electrons. The molecule has 0 saturated carbocycles. The van der Waals surface area contributed by atoms with Crippen molar-refractivity contribution in [3.63, 3.8) is 0 Å². The van der Waals surface area contributed by atoms with E-state index in [9.17, 15) is 14.7 Å². The van der Waals surface area contributed by atoms with Crippen LogP contribution in [-0.4, -0.2) is 23.6 Å². The monoisotopic (exact) mass is 559 g/mol. The molecule has 2 aromatic carbocycles. The van der Waals surface area contributed by atoms with Gasteiger partial charge in [-0.3, -0.25) is 4.79 Å². The fraction of sp³-hybridized carbons (Fsp3) is 0.200. The molecule has 0 aliphatic carbocycles. The highest BCUT2D eigenvalue weighted by molar-refractivity contribution is 14.1. The molecule has 0 heterocycles. The molecule has 0 aliphatic heterocycles. The summed E-state index contributed by atoms with van der Waals surface area (Å²) in [7, 11) is 0. The summed E-state index contributed by atoms with van der Waals surface area (Å²) in [4.78, 5) is 22.6. The summed E-state index contributed by atoms with van der Waals surface area (Å²) in [5, 5.41) is 11.6. The van der Waals surface area contributed by atoms with E-state index in [0.29, 0.717) is 30.3 Å².